The van der Waals surface area contributed by atoms with Crippen LogP contribution in [0.1, 0.15) is 38.5 Å². The Morgan fingerprint density at radius 2 is 2.00 bits per heavy atom. The maximum Gasteiger partial charge on any atom is 0.142 e. The van der Waals surface area contributed by atoms with Gasteiger partial charge in [0.15, 0.2) is 0 Å². The van der Waals surface area contributed by atoms with Crippen LogP contribution in [-0.4, -0.2) is 17.0 Å². The highest BCUT2D eigenvalue weighted by atomic mass is 16.3. The van der Waals surface area contributed by atoms with Crippen LogP contribution >= 0.6 is 0 Å². The van der Waals surface area contributed by atoms with E-state index >= 15 is 0 Å². The van der Waals surface area contributed by atoms with Crippen LogP contribution in [0.4, 0.5) is 0 Å². The van der Waals surface area contributed by atoms with Crippen LogP contribution in [0.3, 0.4) is 0 Å². The van der Waals surface area contributed by atoms with E-state index in [4.69, 9.17) is 0 Å². The average molecular weight is 206 g/mol. The molecule has 0 saturated heterocycles. The number of carbonyl (C=O) groups is 1. The van der Waals surface area contributed by atoms with Gasteiger partial charge in [-0.05, 0) is 55.8 Å². The minimum Gasteiger partial charge on any atom is -0.392 e. The summed E-state index contributed by atoms with van der Waals surface area (Å²) in [6.45, 7) is 0. The maximum atomic E-state index is 12.2. The van der Waals surface area contributed by atoms with Crippen molar-refractivity contribution in [1.82, 2.24) is 0 Å². The molecule has 82 valence electrons. The Morgan fingerprint density at radius 3 is 2.80 bits per heavy atom. The van der Waals surface area contributed by atoms with Gasteiger partial charge in [-0.3, -0.25) is 4.79 Å². The maximum absolute atomic E-state index is 12.2. The van der Waals surface area contributed by atoms with Crippen molar-refractivity contribution in [2.24, 2.45) is 29.1 Å². The highest BCUT2D eigenvalue weighted by Gasteiger charge is 2.66. The molecule has 0 aromatic carbocycles. The van der Waals surface area contributed by atoms with Crippen LogP contribution in [0.2, 0.25) is 0 Å². The lowest BCUT2D eigenvalue weighted by Gasteiger charge is -2.65. The van der Waals surface area contributed by atoms with Crippen molar-refractivity contribution in [2.45, 2.75) is 44.6 Å². The van der Waals surface area contributed by atoms with Crippen LogP contribution in [0, 0.1) is 29.1 Å². The third-order valence-corrected chi connectivity index (χ3v) is 6.06. The Hall–Kier alpha value is -0.370. The number of hydrogen-bond donors (Lipinski definition) is 1. The van der Waals surface area contributed by atoms with Crippen LogP contribution in [-0.2, 0) is 4.79 Å². The number of aliphatic hydroxyl groups excluding tert-OH is 1. The van der Waals surface area contributed by atoms with Gasteiger partial charge in [-0.25, -0.2) is 0 Å². The molecule has 0 radical (unpaired) electrons. The molecule has 6 saturated carbocycles. The minimum absolute atomic E-state index is 0.0440. The van der Waals surface area contributed by atoms with E-state index in [2.05, 4.69) is 0 Å². The van der Waals surface area contributed by atoms with Gasteiger partial charge >= 0.3 is 0 Å². The lowest BCUT2D eigenvalue weighted by molar-refractivity contribution is -0.204. The predicted molar refractivity (Wildman–Crippen MR) is 55.1 cm³/mol. The quantitative estimate of drug-likeness (QED) is 0.655. The van der Waals surface area contributed by atoms with Crippen LogP contribution in [0.25, 0.3) is 0 Å². The topological polar surface area (TPSA) is 37.3 Å². The third kappa shape index (κ3) is 0.813. The first-order valence-electron chi connectivity index (χ1n) is 6.44. The van der Waals surface area contributed by atoms with E-state index < -0.39 is 0 Å². The molecule has 1 spiro atoms. The molecule has 15 heavy (non-hydrogen) atoms. The van der Waals surface area contributed by atoms with Crippen LogP contribution in [0.5, 0.6) is 0 Å². The Labute approximate surface area is 90.1 Å². The van der Waals surface area contributed by atoms with Gasteiger partial charge in [-0.2, -0.15) is 0 Å². The SMILES string of the molecule is O=C1C2CCC34CCC(CC3C2)C(O)C14. The highest BCUT2D eigenvalue weighted by Crippen LogP contribution is 2.67. The summed E-state index contributed by atoms with van der Waals surface area (Å²) in [5, 5.41) is 10.3. The second-order valence-corrected chi connectivity index (χ2v) is 6.31. The average Bonchev–Trinajstić information content (AvgIpc) is 2.26. The zero-order chi connectivity index (χ0) is 10.2. The Balaban J connectivity index is 1.88. The first-order chi connectivity index (χ1) is 7.22. The van der Waals surface area contributed by atoms with Crippen molar-refractivity contribution < 1.29 is 9.90 Å². The number of hydrogen-bond acceptors (Lipinski definition) is 2. The Kier molecular flexibility index (Phi) is 1.44. The summed E-state index contributed by atoms with van der Waals surface area (Å²) in [7, 11) is 0. The Morgan fingerprint density at radius 1 is 1.20 bits per heavy atom. The third-order valence-electron chi connectivity index (χ3n) is 6.06. The molecule has 5 bridgehead atoms. The van der Waals surface area contributed by atoms with Gasteiger partial charge in [-0.15, -0.1) is 0 Å². The molecule has 6 rings (SSSR count). The highest BCUT2D eigenvalue weighted by molar-refractivity contribution is 5.87. The molecule has 6 aliphatic carbocycles. The molecule has 2 heteroatoms. The van der Waals surface area contributed by atoms with E-state index in [-0.39, 0.29) is 17.4 Å². The van der Waals surface area contributed by atoms with Crippen molar-refractivity contribution in [2.75, 3.05) is 0 Å². The zero-order valence-electron chi connectivity index (χ0n) is 8.98. The fourth-order valence-corrected chi connectivity index (χ4v) is 5.39. The lowest BCUT2D eigenvalue weighted by atomic mass is 9.39. The fraction of sp³-hybridized carbons (Fsp3) is 0.923. The summed E-state index contributed by atoms with van der Waals surface area (Å²) in [5.41, 5.74) is 0.250. The van der Waals surface area contributed by atoms with Gasteiger partial charge in [0.05, 0.1) is 12.0 Å². The van der Waals surface area contributed by atoms with Crippen molar-refractivity contribution in [3.8, 4) is 0 Å². The molecule has 6 unspecified atom stereocenters. The molecule has 2 nitrogen and oxygen atoms in total. The second-order valence-electron chi connectivity index (χ2n) is 6.31. The molecule has 0 amide bonds. The molecule has 6 fully saturated rings. The molecule has 0 aromatic heterocycles. The zero-order valence-corrected chi connectivity index (χ0v) is 8.98. The van der Waals surface area contributed by atoms with Crippen molar-refractivity contribution in [1.29, 1.82) is 0 Å². The van der Waals surface area contributed by atoms with Crippen molar-refractivity contribution in [3.05, 3.63) is 0 Å². The van der Waals surface area contributed by atoms with Gasteiger partial charge in [0, 0.05) is 5.92 Å². The largest absolute Gasteiger partial charge is 0.392 e. The molecule has 6 aliphatic rings. The fourth-order valence-electron chi connectivity index (χ4n) is 5.39. The van der Waals surface area contributed by atoms with Gasteiger partial charge in [0.2, 0.25) is 0 Å². The van der Waals surface area contributed by atoms with E-state index in [0.29, 0.717) is 17.6 Å². The molecule has 6 atom stereocenters. The summed E-state index contributed by atoms with van der Waals surface area (Å²) < 4.78 is 0. The molecular formula is C13H18O2. The lowest BCUT2D eigenvalue weighted by Crippen LogP contribution is -2.65. The van der Waals surface area contributed by atoms with E-state index in [1.165, 1.54) is 25.7 Å². The molecule has 0 aromatic rings. The van der Waals surface area contributed by atoms with Gasteiger partial charge in [0.25, 0.3) is 0 Å². The smallest absolute Gasteiger partial charge is 0.142 e. The normalized spacial score (nSPS) is 61.1. The number of ketones is 1. The molecule has 0 heterocycles. The van der Waals surface area contributed by atoms with Crippen LogP contribution in [0.15, 0.2) is 0 Å². The van der Waals surface area contributed by atoms with E-state index in [9.17, 15) is 9.90 Å². The summed E-state index contributed by atoms with van der Waals surface area (Å²) in [6.07, 6.45) is 6.81. The minimum atomic E-state index is -0.286. The number of Topliss-reactive ketones (excluding diaryl/α,β-unsaturated/α-hetero) is 1. The molecule has 0 aliphatic heterocycles. The van der Waals surface area contributed by atoms with Gasteiger partial charge < -0.3 is 5.11 Å². The number of aliphatic hydroxyl groups is 1. The summed E-state index contributed by atoms with van der Waals surface area (Å²) in [5.74, 6) is 2.01. The van der Waals surface area contributed by atoms with Crippen molar-refractivity contribution >= 4 is 5.78 Å². The first kappa shape index (κ1) is 8.74. The summed E-state index contributed by atoms with van der Waals surface area (Å²) >= 11 is 0. The van der Waals surface area contributed by atoms with E-state index in [1.54, 1.807) is 0 Å². The van der Waals surface area contributed by atoms with Gasteiger partial charge in [-0.1, -0.05) is 0 Å². The molecule has 1 N–H and O–H groups in total. The van der Waals surface area contributed by atoms with E-state index in [1.807, 2.05) is 0 Å². The number of fused-ring (bicyclic) bond motifs is 2. The standard InChI is InChI=1S/C13H18O2/c14-11-7-1-3-13-4-2-8(6-9(13)5-7)12(15)10(11)13/h7-11,14H,1-6H2. The summed E-state index contributed by atoms with van der Waals surface area (Å²) in [4.78, 5) is 12.2. The van der Waals surface area contributed by atoms with Gasteiger partial charge in [0.1, 0.15) is 5.78 Å². The predicted octanol–water partition coefficient (Wildman–Crippen LogP) is 1.76. The second kappa shape index (κ2) is 2.48. The number of rotatable bonds is 0. The molecular weight excluding hydrogens is 188 g/mol. The monoisotopic (exact) mass is 206 g/mol. The van der Waals surface area contributed by atoms with Crippen molar-refractivity contribution in [3.63, 3.8) is 0 Å². The Bertz CT molecular complexity index is 333. The van der Waals surface area contributed by atoms with Crippen LogP contribution < -0.4 is 0 Å². The summed E-state index contributed by atoms with van der Waals surface area (Å²) in [6, 6.07) is 0. The number of carbonyl (C=O) groups excluding carboxylic acids is 1. The van der Waals surface area contributed by atoms with E-state index in [0.717, 1.165) is 18.8 Å². The first-order valence-corrected chi connectivity index (χ1v) is 6.44.